The summed E-state index contributed by atoms with van der Waals surface area (Å²) in [7, 11) is -1.63. The first kappa shape index (κ1) is 20.6. The Kier molecular flexibility index (Phi) is 4.54. The number of nitrogens with zero attached hydrogens (tertiary/aromatic N) is 3. The number of fused-ring (bicyclic) bond motifs is 5. The normalized spacial score (nSPS) is 23.0. The highest BCUT2D eigenvalue weighted by Gasteiger charge is 2.53. The topological polar surface area (TPSA) is 89.9 Å². The minimum absolute atomic E-state index is 0.0333. The van der Waals surface area contributed by atoms with Gasteiger partial charge in [0.2, 0.25) is 22.5 Å². The van der Waals surface area contributed by atoms with Crippen molar-refractivity contribution < 1.29 is 27.4 Å². The molecule has 0 saturated carbocycles. The van der Waals surface area contributed by atoms with E-state index in [1.807, 2.05) is 41.4 Å². The maximum Gasteiger partial charge on any atom is 0.231 e. The van der Waals surface area contributed by atoms with E-state index in [2.05, 4.69) is 0 Å². The van der Waals surface area contributed by atoms with E-state index in [0.29, 0.717) is 38.1 Å². The molecule has 4 aliphatic rings. The largest absolute Gasteiger partial charge is 0.493 e. The van der Waals surface area contributed by atoms with Crippen molar-refractivity contribution in [2.75, 3.05) is 33.2 Å². The Morgan fingerprint density at radius 1 is 1.12 bits per heavy atom. The fourth-order valence-electron chi connectivity index (χ4n) is 5.18. The summed E-state index contributed by atoms with van der Waals surface area (Å²) in [6, 6.07) is 11.7. The van der Waals surface area contributed by atoms with Crippen molar-refractivity contribution in [3.63, 3.8) is 0 Å². The summed E-state index contributed by atoms with van der Waals surface area (Å²) in [5.74, 6) is 2.84. The fraction of sp³-hybridized carbons (Fsp3) is 0.435. The molecule has 1 fully saturated rings. The van der Waals surface area contributed by atoms with Gasteiger partial charge in [0.15, 0.2) is 23.0 Å². The van der Waals surface area contributed by atoms with Gasteiger partial charge in [0.1, 0.15) is 0 Å². The molecule has 33 heavy (non-hydrogen) atoms. The minimum atomic E-state index is -3.26. The van der Waals surface area contributed by atoms with E-state index in [-0.39, 0.29) is 12.8 Å². The smallest absolute Gasteiger partial charge is 0.231 e. The summed E-state index contributed by atoms with van der Waals surface area (Å²) in [6.07, 6.45) is 2.96. The molecule has 0 N–H and O–H groups in total. The van der Waals surface area contributed by atoms with Crippen LogP contribution in [0.2, 0.25) is 0 Å². The van der Waals surface area contributed by atoms with Gasteiger partial charge in [0.25, 0.3) is 0 Å². The van der Waals surface area contributed by atoms with Gasteiger partial charge in [-0.1, -0.05) is 12.1 Å². The van der Waals surface area contributed by atoms with Gasteiger partial charge in [0.05, 0.1) is 25.1 Å². The molecular formula is C23H25N3O6S. The Hall–Kier alpha value is -2.98. The van der Waals surface area contributed by atoms with Gasteiger partial charge in [-0.05, 0) is 24.3 Å². The third kappa shape index (κ3) is 3.23. The summed E-state index contributed by atoms with van der Waals surface area (Å²) in [5.41, 5.74) is 2.18. The lowest BCUT2D eigenvalue weighted by atomic mass is 9.91. The number of para-hydroxylation sites is 1. The zero-order valence-electron chi connectivity index (χ0n) is 18.5. The Bertz CT molecular complexity index is 1250. The Balaban J connectivity index is 1.41. The maximum atomic E-state index is 12.1. The highest BCUT2D eigenvalue weighted by atomic mass is 32.2. The lowest BCUT2D eigenvalue weighted by Gasteiger charge is -2.50. The highest BCUT2D eigenvalue weighted by Crippen LogP contribution is 2.53. The van der Waals surface area contributed by atoms with Gasteiger partial charge in [0, 0.05) is 43.5 Å². The zero-order chi connectivity index (χ0) is 22.8. The molecule has 2 aromatic rings. The number of ether oxygens (including phenoxy) is 4. The molecule has 174 valence electrons. The van der Waals surface area contributed by atoms with E-state index < -0.39 is 15.7 Å². The van der Waals surface area contributed by atoms with Crippen LogP contribution in [0.1, 0.15) is 36.4 Å². The van der Waals surface area contributed by atoms with Gasteiger partial charge in [-0.15, -0.1) is 0 Å². The van der Waals surface area contributed by atoms with Crippen LogP contribution in [0.5, 0.6) is 23.0 Å². The van der Waals surface area contributed by atoms with E-state index >= 15 is 0 Å². The van der Waals surface area contributed by atoms with Gasteiger partial charge >= 0.3 is 0 Å². The average molecular weight is 472 g/mol. The van der Waals surface area contributed by atoms with E-state index in [1.165, 1.54) is 10.6 Å². The quantitative estimate of drug-likeness (QED) is 0.680. The second kappa shape index (κ2) is 7.26. The molecule has 4 heterocycles. The molecule has 0 radical (unpaired) electrons. The number of benzene rings is 2. The van der Waals surface area contributed by atoms with Crippen LogP contribution in [0, 0.1) is 0 Å². The van der Waals surface area contributed by atoms with E-state index in [4.69, 9.17) is 24.0 Å². The van der Waals surface area contributed by atoms with Crippen LogP contribution < -0.4 is 18.9 Å². The Morgan fingerprint density at radius 2 is 1.91 bits per heavy atom. The summed E-state index contributed by atoms with van der Waals surface area (Å²) >= 11 is 0. The summed E-state index contributed by atoms with van der Waals surface area (Å²) in [6.45, 7) is 0.976. The monoisotopic (exact) mass is 471 g/mol. The number of rotatable bonds is 3. The molecule has 0 aromatic heterocycles. The third-order valence-electron chi connectivity index (χ3n) is 6.89. The molecule has 4 aliphatic heterocycles. The van der Waals surface area contributed by atoms with Gasteiger partial charge in [-0.2, -0.15) is 5.10 Å². The molecule has 1 saturated heterocycles. The lowest BCUT2D eigenvalue weighted by Crippen LogP contribution is -2.59. The van der Waals surface area contributed by atoms with Crippen molar-refractivity contribution in [3.05, 3.63) is 47.5 Å². The van der Waals surface area contributed by atoms with Crippen molar-refractivity contribution in [2.45, 2.75) is 31.0 Å². The number of hydrazone groups is 1. The van der Waals surface area contributed by atoms with Gasteiger partial charge in [-0.25, -0.2) is 17.7 Å². The zero-order valence-corrected chi connectivity index (χ0v) is 19.3. The highest BCUT2D eigenvalue weighted by molar-refractivity contribution is 7.88. The number of hydrogen-bond acceptors (Lipinski definition) is 8. The molecule has 10 heteroatoms. The molecule has 0 bridgehead atoms. The molecule has 1 spiro atoms. The first-order valence-electron chi connectivity index (χ1n) is 11.0. The molecule has 0 amide bonds. The number of piperidine rings is 1. The molecule has 1 atom stereocenters. The second-order valence-electron chi connectivity index (χ2n) is 8.77. The van der Waals surface area contributed by atoms with Crippen LogP contribution in [0.4, 0.5) is 0 Å². The molecule has 0 aliphatic carbocycles. The van der Waals surface area contributed by atoms with Crippen LogP contribution in [-0.2, 0) is 10.0 Å². The minimum Gasteiger partial charge on any atom is -0.493 e. The summed E-state index contributed by atoms with van der Waals surface area (Å²) in [4.78, 5) is 0. The van der Waals surface area contributed by atoms with Crippen molar-refractivity contribution >= 4 is 15.7 Å². The first-order chi connectivity index (χ1) is 15.9. The number of hydrogen-bond donors (Lipinski definition) is 0. The van der Waals surface area contributed by atoms with Crippen LogP contribution in [-0.4, -0.2) is 62.4 Å². The Morgan fingerprint density at radius 3 is 2.67 bits per heavy atom. The molecule has 6 rings (SSSR count). The predicted molar refractivity (Wildman–Crippen MR) is 120 cm³/mol. The number of sulfonamides is 1. The molecular weight excluding hydrogens is 446 g/mol. The SMILES string of the molecule is COc1cccc2c1OC1(CCN(S(C)(=O)=O)CC1)N1N=C(c3ccc4c(c3)OCO4)C[C@H]21. The fourth-order valence-corrected chi connectivity index (χ4v) is 6.02. The van der Waals surface area contributed by atoms with Crippen LogP contribution >= 0.6 is 0 Å². The Labute approximate surface area is 192 Å². The second-order valence-corrected chi connectivity index (χ2v) is 10.8. The molecule has 9 nitrogen and oxygen atoms in total. The van der Waals surface area contributed by atoms with Crippen LogP contribution in [0.3, 0.4) is 0 Å². The van der Waals surface area contributed by atoms with E-state index in [9.17, 15) is 8.42 Å². The van der Waals surface area contributed by atoms with Crippen molar-refractivity contribution in [3.8, 4) is 23.0 Å². The van der Waals surface area contributed by atoms with Crippen LogP contribution in [0.25, 0.3) is 0 Å². The van der Waals surface area contributed by atoms with Gasteiger partial charge in [-0.3, -0.25) is 0 Å². The van der Waals surface area contributed by atoms with Gasteiger partial charge < -0.3 is 18.9 Å². The third-order valence-corrected chi connectivity index (χ3v) is 8.19. The first-order valence-corrected chi connectivity index (χ1v) is 12.8. The van der Waals surface area contributed by atoms with Crippen LogP contribution in [0.15, 0.2) is 41.5 Å². The maximum absolute atomic E-state index is 12.1. The van der Waals surface area contributed by atoms with Crippen molar-refractivity contribution in [2.24, 2.45) is 5.10 Å². The lowest BCUT2D eigenvalue weighted by molar-refractivity contribution is -0.144. The number of methoxy groups -OCH3 is 1. The standard InChI is InChI=1S/C23H25N3O6S/c1-29-20-5-3-4-16-18-13-17(15-6-7-19-21(12-15)31-14-30-19)24-26(18)23(32-22(16)20)8-10-25(11-9-23)33(2,27)28/h3-7,12,18H,8-11,13-14H2,1-2H3/t18-/m1/s1. The van der Waals surface area contributed by atoms with Crippen molar-refractivity contribution in [1.82, 2.24) is 9.31 Å². The molecule has 0 unspecified atom stereocenters. The summed E-state index contributed by atoms with van der Waals surface area (Å²) in [5, 5.41) is 7.09. The average Bonchev–Trinajstić information content (AvgIpc) is 3.46. The summed E-state index contributed by atoms with van der Waals surface area (Å²) < 4.78 is 49.0. The molecule has 2 aromatic carbocycles. The van der Waals surface area contributed by atoms with Crippen molar-refractivity contribution in [1.29, 1.82) is 0 Å². The van der Waals surface area contributed by atoms with E-state index in [1.54, 1.807) is 7.11 Å². The van der Waals surface area contributed by atoms with E-state index in [0.717, 1.165) is 34.1 Å². The predicted octanol–water partition coefficient (Wildman–Crippen LogP) is 2.72.